The third-order valence-corrected chi connectivity index (χ3v) is 5.87. The van der Waals surface area contributed by atoms with Crippen molar-refractivity contribution in [3.8, 4) is 11.5 Å². The highest BCUT2D eigenvalue weighted by molar-refractivity contribution is 7.80. The Labute approximate surface area is 177 Å². The number of piperidine rings is 1. The van der Waals surface area contributed by atoms with Crippen molar-refractivity contribution < 1.29 is 19.4 Å². The molecule has 1 aliphatic heterocycles. The van der Waals surface area contributed by atoms with Gasteiger partial charge >= 0.3 is 6.09 Å². The first-order valence-corrected chi connectivity index (χ1v) is 10.8. The predicted molar refractivity (Wildman–Crippen MR) is 115 cm³/mol. The summed E-state index contributed by atoms with van der Waals surface area (Å²) in [6.07, 6.45) is 7.17. The molecule has 0 radical (unpaired) electrons. The van der Waals surface area contributed by atoms with E-state index < -0.39 is 0 Å². The van der Waals surface area contributed by atoms with Crippen LogP contribution in [0.2, 0.25) is 0 Å². The molecule has 2 fully saturated rings. The standard InChI is InChI=1S/C21H31N3O4S/c1-27-19-13-15(7-8-18(19)25)14-22-20(29)23-16-9-11-24(12-10-16)21(26)28-17-5-3-2-4-6-17/h7-8,13,16-17,25H,2-6,9-12,14H2,1H3,(H2,22,23,29). The zero-order valence-electron chi connectivity index (χ0n) is 17.0. The number of amides is 1. The van der Waals surface area contributed by atoms with Gasteiger partial charge in [0.2, 0.25) is 0 Å². The number of ether oxygens (including phenoxy) is 2. The quantitative estimate of drug-likeness (QED) is 0.629. The van der Waals surface area contributed by atoms with Crippen molar-refractivity contribution in [2.75, 3.05) is 20.2 Å². The average molecular weight is 422 g/mol. The molecule has 0 bridgehead atoms. The Bertz CT molecular complexity index is 701. The lowest BCUT2D eigenvalue weighted by Gasteiger charge is -2.33. The molecule has 160 valence electrons. The Kier molecular flexibility index (Phi) is 7.80. The van der Waals surface area contributed by atoms with Gasteiger partial charge in [0.1, 0.15) is 6.10 Å². The first-order valence-electron chi connectivity index (χ1n) is 10.4. The fourth-order valence-electron chi connectivity index (χ4n) is 3.86. The van der Waals surface area contributed by atoms with E-state index >= 15 is 0 Å². The fraction of sp³-hybridized carbons (Fsp3) is 0.619. The number of hydrogen-bond donors (Lipinski definition) is 3. The van der Waals surface area contributed by atoms with Gasteiger partial charge in [0.05, 0.1) is 7.11 Å². The number of carbonyl (C=O) groups excluding carboxylic acids is 1. The molecule has 1 heterocycles. The van der Waals surface area contributed by atoms with Gasteiger partial charge in [-0.2, -0.15) is 0 Å². The summed E-state index contributed by atoms with van der Waals surface area (Å²) in [7, 11) is 1.52. The summed E-state index contributed by atoms with van der Waals surface area (Å²) in [4.78, 5) is 14.2. The summed E-state index contributed by atoms with van der Waals surface area (Å²) in [5.74, 6) is 0.557. The smallest absolute Gasteiger partial charge is 0.410 e. The molecule has 0 unspecified atom stereocenters. The summed E-state index contributed by atoms with van der Waals surface area (Å²) in [5.41, 5.74) is 0.962. The van der Waals surface area contributed by atoms with Crippen LogP contribution in [0.5, 0.6) is 11.5 Å². The van der Waals surface area contributed by atoms with Gasteiger partial charge in [-0.25, -0.2) is 4.79 Å². The first kappa shape index (κ1) is 21.5. The van der Waals surface area contributed by atoms with Gasteiger partial charge in [-0.3, -0.25) is 0 Å². The highest BCUT2D eigenvalue weighted by Crippen LogP contribution is 2.26. The summed E-state index contributed by atoms with van der Waals surface area (Å²) in [6.45, 7) is 1.90. The maximum atomic E-state index is 12.3. The third kappa shape index (κ3) is 6.39. The first-order chi connectivity index (χ1) is 14.0. The van der Waals surface area contributed by atoms with Gasteiger partial charge in [0, 0.05) is 25.7 Å². The van der Waals surface area contributed by atoms with Crippen LogP contribution in [0.4, 0.5) is 4.79 Å². The second-order valence-electron chi connectivity index (χ2n) is 7.74. The number of aromatic hydroxyl groups is 1. The number of benzene rings is 1. The normalized spacial score (nSPS) is 18.2. The van der Waals surface area contributed by atoms with Crippen LogP contribution in [0.25, 0.3) is 0 Å². The maximum Gasteiger partial charge on any atom is 0.410 e. The average Bonchev–Trinajstić information content (AvgIpc) is 2.74. The Morgan fingerprint density at radius 2 is 1.93 bits per heavy atom. The molecule has 0 aromatic heterocycles. The van der Waals surface area contributed by atoms with Crippen LogP contribution in [0, 0.1) is 0 Å². The Morgan fingerprint density at radius 1 is 1.21 bits per heavy atom. The van der Waals surface area contributed by atoms with Crippen molar-refractivity contribution in [1.82, 2.24) is 15.5 Å². The zero-order valence-corrected chi connectivity index (χ0v) is 17.8. The van der Waals surface area contributed by atoms with Crippen LogP contribution in [0.15, 0.2) is 18.2 Å². The topological polar surface area (TPSA) is 83.1 Å². The molecular formula is C21H31N3O4S. The number of methoxy groups -OCH3 is 1. The van der Waals surface area contributed by atoms with E-state index in [1.165, 1.54) is 13.5 Å². The van der Waals surface area contributed by atoms with Crippen molar-refractivity contribution >= 4 is 23.4 Å². The lowest BCUT2D eigenvalue weighted by atomic mass is 9.98. The van der Waals surface area contributed by atoms with Gasteiger partial charge in [-0.15, -0.1) is 0 Å². The number of nitrogens with zero attached hydrogens (tertiary/aromatic N) is 1. The van der Waals surface area contributed by atoms with E-state index in [0.717, 1.165) is 44.1 Å². The number of carbonyl (C=O) groups is 1. The lowest BCUT2D eigenvalue weighted by Crippen LogP contribution is -2.49. The molecule has 7 nitrogen and oxygen atoms in total. The molecule has 3 N–H and O–H groups in total. The van der Waals surface area contributed by atoms with Crippen molar-refractivity contribution in [2.45, 2.75) is 63.6 Å². The molecule has 2 aliphatic rings. The van der Waals surface area contributed by atoms with Gasteiger partial charge in [0.25, 0.3) is 0 Å². The molecule has 3 rings (SSSR count). The second-order valence-corrected chi connectivity index (χ2v) is 8.15. The van der Waals surface area contributed by atoms with Gasteiger partial charge < -0.3 is 30.1 Å². The summed E-state index contributed by atoms with van der Waals surface area (Å²) >= 11 is 5.40. The van der Waals surface area contributed by atoms with Crippen LogP contribution in [0.3, 0.4) is 0 Å². The summed E-state index contributed by atoms with van der Waals surface area (Å²) < 4.78 is 10.8. The van der Waals surface area contributed by atoms with Gasteiger partial charge in [0.15, 0.2) is 16.6 Å². The van der Waals surface area contributed by atoms with Gasteiger partial charge in [-0.1, -0.05) is 12.5 Å². The minimum absolute atomic E-state index is 0.0994. The van der Waals surface area contributed by atoms with E-state index in [1.54, 1.807) is 12.1 Å². The van der Waals surface area contributed by atoms with Crippen LogP contribution in [-0.4, -0.2) is 53.6 Å². The molecule has 1 amide bonds. The number of phenolic OH excluding ortho intramolecular Hbond substituents is 1. The molecule has 0 atom stereocenters. The zero-order chi connectivity index (χ0) is 20.6. The van der Waals surface area contributed by atoms with Crippen LogP contribution < -0.4 is 15.4 Å². The van der Waals surface area contributed by atoms with E-state index in [2.05, 4.69) is 10.6 Å². The molecule has 1 aromatic carbocycles. The minimum atomic E-state index is -0.169. The highest BCUT2D eigenvalue weighted by Gasteiger charge is 2.26. The van der Waals surface area contributed by atoms with Crippen LogP contribution in [-0.2, 0) is 11.3 Å². The SMILES string of the molecule is COc1cc(CNC(=S)NC2CCN(C(=O)OC3CCCCC3)CC2)ccc1O. The summed E-state index contributed by atoms with van der Waals surface area (Å²) in [5, 5.41) is 16.8. The lowest BCUT2D eigenvalue weighted by molar-refractivity contribution is 0.0402. The van der Waals surface area contributed by atoms with Crippen LogP contribution >= 0.6 is 12.2 Å². The molecule has 8 heteroatoms. The molecule has 1 aromatic rings. The number of nitrogens with one attached hydrogen (secondary N) is 2. The number of hydrogen-bond acceptors (Lipinski definition) is 5. The predicted octanol–water partition coefficient (Wildman–Crippen LogP) is 3.30. The third-order valence-electron chi connectivity index (χ3n) is 5.61. The molecule has 1 saturated carbocycles. The van der Waals surface area contributed by atoms with E-state index in [0.29, 0.717) is 30.5 Å². The Morgan fingerprint density at radius 3 is 2.62 bits per heavy atom. The molecule has 1 aliphatic carbocycles. The van der Waals surface area contributed by atoms with E-state index in [1.807, 2.05) is 11.0 Å². The molecule has 29 heavy (non-hydrogen) atoms. The highest BCUT2D eigenvalue weighted by atomic mass is 32.1. The maximum absolute atomic E-state index is 12.3. The van der Waals surface area contributed by atoms with Crippen molar-refractivity contribution in [3.05, 3.63) is 23.8 Å². The van der Waals surface area contributed by atoms with Gasteiger partial charge in [-0.05, 0) is 68.4 Å². The van der Waals surface area contributed by atoms with Crippen molar-refractivity contribution in [2.24, 2.45) is 0 Å². The number of thiocarbonyl (C=S) groups is 1. The van der Waals surface area contributed by atoms with E-state index in [4.69, 9.17) is 21.7 Å². The summed E-state index contributed by atoms with van der Waals surface area (Å²) in [6, 6.07) is 5.45. The number of rotatable bonds is 5. The second kappa shape index (κ2) is 10.5. The largest absolute Gasteiger partial charge is 0.504 e. The Hall–Kier alpha value is -2.22. The monoisotopic (exact) mass is 421 g/mol. The Balaban J connectivity index is 1.36. The molecular weight excluding hydrogens is 390 g/mol. The van der Waals surface area contributed by atoms with Crippen LogP contribution in [0.1, 0.15) is 50.5 Å². The molecule has 1 saturated heterocycles. The van der Waals surface area contributed by atoms with Crippen molar-refractivity contribution in [1.29, 1.82) is 0 Å². The van der Waals surface area contributed by atoms with E-state index in [9.17, 15) is 9.90 Å². The van der Waals surface area contributed by atoms with E-state index in [-0.39, 0.29) is 24.0 Å². The molecule has 0 spiro atoms. The fourth-order valence-corrected chi connectivity index (χ4v) is 4.10. The van der Waals surface area contributed by atoms with Crippen molar-refractivity contribution in [3.63, 3.8) is 0 Å². The number of phenols is 1. The minimum Gasteiger partial charge on any atom is -0.504 e. The number of likely N-dealkylation sites (tertiary alicyclic amines) is 1.